The Morgan fingerprint density at radius 2 is 1.70 bits per heavy atom. The number of carbonyl (C=O) groups excluding carboxylic acids is 1. The molecule has 0 radical (unpaired) electrons. The number of sulfonamides is 1. The molecule has 1 N–H and O–H groups in total. The van der Waals surface area contributed by atoms with E-state index in [-0.39, 0.29) is 16.3 Å². The molecule has 30 heavy (non-hydrogen) atoms. The molecule has 0 aliphatic rings. The van der Waals surface area contributed by atoms with Crippen molar-refractivity contribution in [3.8, 4) is 5.75 Å². The lowest BCUT2D eigenvalue weighted by Gasteiger charge is -2.18. The zero-order chi connectivity index (χ0) is 22.5. The van der Waals surface area contributed by atoms with Crippen LogP contribution in [-0.2, 0) is 21.0 Å². The van der Waals surface area contributed by atoms with Crippen LogP contribution in [0.25, 0.3) is 0 Å². The summed E-state index contributed by atoms with van der Waals surface area (Å²) < 4.78 is 70.1. The van der Waals surface area contributed by atoms with Crippen LogP contribution < -0.4 is 10.1 Å². The van der Waals surface area contributed by atoms with Crippen molar-refractivity contribution in [1.82, 2.24) is 4.31 Å². The van der Waals surface area contributed by atoms with Gasteiger partial charge in [0.2, 0.25) is 10.0 Å². The number of rotatable bonds is 8. The Balaban J connectivity index is 2.01. The second kappa shape index (κ2) is 9.67. The Hall–Kier alpha value is -2.30. The molecule has 11 heteroatoms. The van der Waals surface area contributed by atoms with Gasteiger partial charge >= 0.3 is 6.18 Å². The third-order valence-corrected chi connectivity index (χ3v) is 6.49. The fourth-order valence-electron chi connectivity index (χ4n) is 2.59. The van der Waals surface area contributed by atoms with Gasteiger partial charge in [-0.25, -0.2) is 8.42 Å². The Kier molecular flexibility index (Phi) is 7.73. The lowest BCUT2D eigenvalue weighted by Crippen LogP contribution is -2.30. The van der Waals surface area contributed by atoms with Crippen molar-refractivity contribution in [3.05, 3.63) is 53.1 Å². The quantitative estimate of drug-likeness (QED) is 0.628. The minimum Gasteiger partial charge on any atom is -0.484 e. The molecule has 0 atom stereocenters. The van der Waals surface area contributed by atoms with Crippen LogP contribution in [-0.4, -0.2) is 38.3 Å². The van der Waals surface area contributed by atoms with E-state index in [1.165, 1.54) is 34.6 Å². The largest absolute Gasteiger partial charge is 0.484 e. The molecule has 0 bridgehead atoms. The van der Waals surface area contributed by atoms with Gasteiger partial charge in [0.25, 0.3) is 5.91 Å². The van der Waals surface area contributed by atoms with Gasteiger partial charge < -0.3 is 10.1 Å². The Morgan fingerprint density at radius 3 is 2.23 bits per heavy atom. The van der Waals surface area contributed by atoms with E-state index < -0.39 is 39.3 Å². The summed E-state index contributed by atoms with van der Waals surface area (Å²) in [6, 6.07) is 8.51. The molecule has 0 fully saturated rings. The van der Waals surface area contributed by atoms with Crippen LogP contribution in [0.5, 0.6) is 5.75 Å². The second-order valence-corrected chi connectivity index (χ2v) is 8.44. The maximum atomic E-state index is 12.9. The highest BCUT2D eigenvalue weighted by Gasteiger charge is 2.33. The predicted molar refractivity (Wildman–Crippen MR) is 107 cm³/mol. The molecule has 2 aromatic carbocycles. The number of benzene rings is 2. The molecule has 2 rings (SSSR count). The first-order valence-corrected chi connectivity index (χ1v) is 10.7. The first kappa shape index (κ1) is 24.0. The number of halogens is 4. The van der Waals surface area contributed by atoms with Crippen LogP contribution in [0, 0.1) is 0 Å². The Bertz CT molecular complexity index is 992. The summed E-state index contributed by atoms with van der Waals surface area (Å²) in [4.78, 5) is 12.1. The SMILES string of the molecule is CCN(CC)S(=O)(=O)c1ccc(OCC(=O)Nc2ccc(Cl)c(C(F)(F)F)c2)cc1. The zero-order valence-electron chi connectivity index (χ0n) is 16.2. The first-order valence-electron chi connectivity index (χ1n) is 8.88. The fourth-order valence-corrected chi connectivity index (χ4v) is 4.27. The molecule has 0 saturated carbocycles. The monoisotopic (exact) mass is 464 g/mol. The van der Waals surface area contributed by atoms with Crippen molar-refractivity contribution in [3.63, 3.8) is 0 Å². The molecule has 0 aliphatic carbocycles. The summed E-state index contributed by atoms with van der Waals surface area (Å²) in [6.45, 7) is 3.65. The number of nitrogens with zero attached hydrogens (tertiary/aromatic N) is 1. The summed E-state index contributed by atoms with van der Waals surface area (Å²) in [5, 5.41) is 1.82. The maximum absolute atomic E-state index is 12.9. The van der Waals surface area contributed by atoms with Gasteiger partial charge in [-0.15, -0.1) is 0 Å². The number of carbonyl (C=O) groups is 1. The number of ether oxygens (including phenoxy) is 1. The van der Waals surface area contributed by atoms with Crippen molar-refractivity contribution in [2.75, 3.05) is 25.0 Å². The Morgan fingerprint density at radius 1 is 1.10 bits per heavy atom. The summed E-state index contributed by atoms with van der Waals surface area (Å²) in [5.41, 5.74) is -1.14. The molecular formula is C19H20ClF3N2O4S. The number of anilines is 1. The van der Waals surface area contributed by atoms with Crippen LogP contribution in [0.1, 0.15) is 19.4 Å². The number of nitrogens with one attached hydrogen (secondary N) is 1. The van der Waals surface area contributed by atoms with Gasteiger partial charge in [-0.2, -0.15) is 17.5 Å². The fraction of sp³-hybridized carbons (Fsp3) is 0.316. The van der Waals surface area contributed by atoms with Gasteiger partial charge in [0, 0.05) is 18.8 Å². The average Bonchev–Trinajstić information content (AvgIpc) is 2.68. The number of hydrogen-bond acceptors (Lipinski definition) is 4. The minimum absolute atomic E-state index is 0.0824. The van der Waals surface area contributed by atoms with Crippen molar-refractivity contribution < 1.29 is 31.1 Å². The average molecular weight is 465 g/mol. The molecule has 6 nitrogen and oxygen atoms in total. The van der Waals surface area contributed by atoms with E-state index in [1.54, 1.807) is 13.8 Å². The van der Waals surface area contributed by atoms with Crippen LogP contribution in [0.3, 0.4) is 0 Å². The maximum Gasteiger partial charge on any atom is 0.417 e. The summed E-state index contributed by atoms with van der Waals surface area (Å²) in [7, 11) is -3.61. The summed E-state index contributed by atoms with van der Waals surface area (Å²) >= 11 is 5.54. The van der Waals surface area contributed by atoms with E-state index in [2.05, 4.69) is 5.32 Å². The molecule has 0 saturated heterocycles. The molecule has 1 amide bonds. The minimum atomic E-state index is -4.65. The molecule has 0 unspecified atom stereocenters. The molecule has 0 aliphatic heterocycles. The van der Waals surface area contributed by atoms with E-state index in [4.69, 9.17) is 16.3 Å². The normalized spacial score (nSPS) is 12.1. The standard InChI is InChI=1S/C19H20ClF3N2O4S/c1-3-25(4-2)30(27,28)15-8-6-14(7-9-15)29-12-18(26)24-13-5-10-17(20)16(11-13)19(21,22)23/h5-11H,3-4,12H2,1-2H3,(H,24,26). The highest BCUT2D eigenvalue weighted by molar-refractivity contribution is 7.89. The van der Waals surface area contributed by atoms with Gasteiger partial charge in [-0.1, -0.05) is 25.4 Å². The van der Waals surface area contributed by atoms with E-state index in [1.807, 2.05) is 0 Å². The van der Waals surface area contributed by atoms with E-state index >= 15 is 0 Å². The van der Waals surface area contributed by atoms with Crippen molar-refractivity contribution in [2.45, 2.75) is 24.9 Å². The summed E-state index contributed by atoms with van der Waals surface area (Å²) in [5.74, 6) is -0.457. The van der Waals surface area contributed by atoms with Crippen molar-refractivity contribution >= 4 is 33.2 Å². The lowest BCUT2D eigenvalue weighted by atomic mass is 10.2. The van der Waals surface area contributed by atoms with Crippen molar-refractivity contribution in [1.29, 1.82) is 0 Å². The number of alkyl halides is 3. The Labute approximate surface area is 177 Å². The van der Waals surface area contributed by atoms with E-state index in [0.717, 1.165) is 12.1 Å². The highest BCUT2D eigenvalue weighted by Crippen LogP contribution is 2.36. The van der Waals surface area contributed by atoms with Gasteiger partial charge in [-0.05, 0) is 42.5 Å². The van der Waals surface area contributed by atoms with Gasteiger partial charge in [0.05, 0.1) is 15.5 Å². The lowest BCUT2D eigenvalue weighted by molar-refractivity contribution is -0.137. The molecule has 164 valence electrons. The third-order valence-electron chi connectivity index (χ3n) is 4.09. The third kappa shape index (κ3) is 5.87. The topological polar surface area (TPSA) is 75.7 Å². The van der Waals surface area contributed by atoms with E-state index in [9.17, 15) is 26.4 Å². The molecule has 0 heterocycles. The predicted octanol–water partition coefficient (Wildman–Crippen LogP) is 4.41. The van der Waals surface area contributed by atoms with Crippen LogP contribution in [0.2, 0.25) is 5.02 Å². The smallest absolute Gasteiger partial charge is 0.417 e. The highest BCUT2D eigenvalue weighted by atomic mass is 35.5. The van der Waals surface area contributed by atoms with E-state index in [0.29, 0.717) is 13.1 Å². The first-order chi connectivity index (χ1) is 14.0. The van der Waals surface area contributed by atoms with Gasteiger partial charge in [0.15, 0.2) is 6.61 Å². The molecule has 0 aromatic heterocycles. The van der Waals surface area contributed by atoms with Crippen LogP contribution >= 0.6 is 11.6 Å². The molecule has 2 aromatic rings. The molecular weight excluding hydrogens is 445 g/mol. The zero-order valence-corrected chi connectivity index (χ0v) is 17.7. The number of hydrogen-bond donors (Lipinski definition) is 1. The van der Waals surface area contributed by atoms with Gasteiger partial charge in [-0.3, -0.25) is 4.79 Å². The van der Waals surface area contributed by atoms with Crippen LogP contribution in [0.4, 0.5) is 18.9 Å². The molecule has 0 spiro atoms. The second-order valence-electron chi connectivity index (χ2n) is 6.09. The van der Waals surface area contributed by atoms with Crippen LogP contribution in [0.15, 0.2) is 47.4 Å². The van der Waals surface area contributed by atoms with Gasteiger partial charge in [0.1, 0.15) is 5.75 Å². The number of amides is 1. The summed E-state index contributed by atoms with van der Waals surface area (Å²) in [6.07, 6.45) is -4.65. The van der Waals surface area contributed by atoms with Crippen molar-refractivity contribution in [2.24, 2.45) is 0 Å².